The molecule has 0 amide bonds. The van der Waals surface area contributed by atoms with Crippen molar-refractivity contribution >= 4 is 46.2 Å². The smallest absolute Gasteiger partial charge is 0.481 e. The summed E-state index contributed by atoms with van der Waals surface area (Å²) in [5, 5.41) is 29.1. The molecule has 2 aromatic rings. The van der Waals surface area contributed by atoms with Gasteiger partial charge in [-0.2, -0.15) is 4.31 Å². The number of nitrogen functional groups attached to an aromatic ring is 1. The highest BCUT2D eigenvalue weighted by molar-refractivity contribution is 7.68. The molecular formula is C14H22N5O14P3. The standard InChI is InChI=1S/C14H22N5O14P3/c15-12-9-13(17-5-16-12)19(6-18-9)14-11(23)10(22)7(31-14)4-30-35(26,27)33-36(28,29)32-34(24,25)3-1-2-8(20)21/h5-7,10-11,14,22-23H,1-4H2,(H,20,21)(H,24,25)(H,26,27)(H,28,29)(H2,15,16,17)/t7-,10-,11-,14-/m1/s1. The van der Waals surface area contributed by atoms with Crippen LogP contribution >= 0.6 is 23.2 Å². The number of anilines is 1. The van der Waals surface area contributed by atoms with Crippen LogP contribution in [0, 0.1) is 0 Å². The number of nitrogens with zero attached hydrogens (tertiary/aromatic N) is 4. The number of nitrogens with two attached hydrogens (primary N) is 1. The number of carboxylic acids is 1. The Labute approximate surface area is 201 Å². The van der Waals surface area contributed by atoms with E-state index in [2.05, 4.69) is 28.1 Å². The number of carboxylic acid groups (broad SMARTS) is 1. The zero-order valence-corrected chi connectivity index (χ0v) is 20.6. The van der Waals surface area contributed by atoms with Gasteiger partial charge in [0.1, 0.15) is 30.2 Å². The van der Waals surface area contributed by atoms with Gasteiger partial charge in [0.25, 0.3) is 0 Å². The van der Waals surface area contributed by atoms with Crippen molar-refractivity contribution in [3.8, 4) is 0 Å². The van der Waals surface area contributed by atoms with Crippen molar-refractivity contribution in [2.24, 2.45) is 0 Å². The van der Waals surface area contributed by atoms with Crippen LogP contribution in [0.1, 0.15) is 19.1 Å². The van der Waals surface area contributed by atoms with Crippen molar-refractivity contribution < 1.29 is 66.4 Å². The molecule has 202 valence electrons. The summed E-state index contributed by atoms with van der Waals surface area (Å²) in [6.45, 7) is -0.957. The molecule has 0 aromatic carbocycles. The molecule has 1 saturated heterocycles. The predicted molar refractivity (Wildman–Crippen MR) is 115 cm³/mol. The van der Waals surface area contributed by atoms with Crippen LogP contribution in [-0.4, -0.2) is 86.6 Å². The maximum atomic E-state index is 12.1. The first kappa shape index (κ1) is 28.7. The lowest BCUT2D eigenvalue weighted by Crippen LogP contribution is -2.33. The number of aliphatic carboxylic acids is 1. The number of aliphatic hydroxyl groups is 2. The van der Waals surface area contributed by atoms with Crippen LogP contribution in [0.5, 0.6) is 0 Å². The number of phosphoric ester groups is 1. The van der Waals surface area contributed by atoms with Crippen LogP contribution in [0.4, 0.5) is 5.82 Å². The molecular weight excluding hydrogens is 555 g/mol. The monoisotopic (exact) mass is 577 g/mol. The number of aliphatic hydroxyl groups excluding tert-OH is 2. The molecule has 8 N–H and O–H groups in total. The first-order valence-electron chi connectivity index (χ1n) is 9.82. The second-order valence-electron chi connectivity index (χ2n) is 7.38. The summed E-state index contributed by atoms with van der Waals surface area (Å²) < 4.78 is 55.0. The van der Waals surface area contributed by atoms with Crippen molar-refractivity contribution in [2.75, 3.05) is 18.5 Å². The van der Waals surface area contributed by atoms with Gasteiger partial charge in [-0.05, 0) is 6.42 Å². The minimum absolute atomic E-state index is 0.0370. The first-order valence-corrected chi connectivity index (χ1v) is 14.6. The average Bonchev–Trinajstić information content (AvgIpc) is 3.27. The molecule has 2 aromatic heterocycles. The predicted octanol–water partition coefficient (Wildman–Crippen LogP) is -0.672. The third kappa shape index (κ3) is 7.13. The van der Waals surface area contributed by atoms with Crippen molar-refractivity contribution in [1.82, 2.24) is 19.5 Å². The Balaban J connectivity index is 1.61. The highest BCUT2D eigenvalue weighted by Gasteiger charge is 2.47. The van der Waals surface area contributed by atoms with Crippen LogP contribution in [0.15, 0.2) is 12.7 Å². The molecule has 1 aliphatic rings. The van der Waals surface area contributed by atoms with Crippen molar-refractivity contribution in [2.45, 2.75) is 37.4 Å². The quantitative estimate of drug-likeness (QED) is 0.154. The minimum atomic E-state index is -5.66. The van der Waals surface area contributed by atoms with Gasteiger partial charge in [-0.1, -0.05) is 0 Å². The molecule has 22 heteroatoms. The molecule has 1 aliphatic heterocycles. The van der Waals surface area contributed by atoms with Crippen molar-refractivity contribution in [3.63, 3.8) is 0 Å². The summed E-state index contributed by atoms with van der Waals surface area (Å²) in [6.07, 6.45) is -5.54. The Morgan fingerprint density at radius 3 is 2.44 bits per heavy atom. The van der Waals surface area contributed by atoms with Gasteiger partial charge < -0.3 is 40.5 Å². The summed E-state index contributed by atoms with van der Waals surface area (Å²) in [5.74, 6) is -1.26. The molecule has 1 fully saturated rings. The van der Waals surface area contributed by atoms with E-state index in [0.29, 0.717) is 0 Å². The molecule has 7 atom stereocenters. The lowest BCUT2D eigenvalue weighted by Gasteiger charge is -2.20. The van der Waals surface area contributed by atoms with E-state index in [9.17, 15) is 43.4 Å². The number of phosphoric acid groups is 2. The largest absolute Gasteiger partial charge is 0.488 e. The number of rotatable bonds is 12. The van der Waals surface area contributed by atoms with E-state index in [1.165, 1.54) is 10.9 Å². The van der Waals surface area contributed by atoms with Crippen LogP contribution < -0.4 is 5.73 Å². The fourth-order valence-corrected chi connectivity index (χ4v) is 7.25. The number of hydrogen-bond donors (Lipinski definition) is 7. The van der Waals surface area contributed by atoms with Gasteiger partial charge in [0.2, 0.25) is 0 Å². The summed E-state index contributed by atoms with van der Waals surface area (Å²) in [7, 11) is -16.0. The lowest BCUT2D eigenvalue weighted by atomic mass is 10.1. The topological polar surface area (TPSA) is 296 Å². The molecule has 0 saturated carbocycles. The number of hydrogen-bond acceptors (Lipinski definition) is 14. The van der Waals surface area contributed by atoms with Gasteiger partial charge >= 0.3 is 29.2 Å². The van der Waals surface area contributed by atoms with Gasteiger partial charge in [-0.25, -0.2) is 28.4 Å². The summed E-state index contributed by atoms with van der Waals surface area (Å²) >= 11 is 0. The molecule has 0 bridgehead atoms. The van der Waals surface area contributed by atoms with Gasteiger partial charge in [-0.15, -0.1) is 0 Å². The van der Waals surface area contributed by atoms with E-state index in [1.807, 2.05) is 0 Å². The van der Waals surface area contributed by atoms with E-state index in [4.69, 9.17) is 15.6 Å². The van der Waals surface area contributed by atoms with Crippen molar-refractivity contribution in [1.29, 1.82) is 0 Å². The third-order valence-electron chi connectivity index (χ3n) is 4.67. The van der Waals surface area contributed by atoms with E-state index in [1.54, 1.807) is 0 Å². The van der Waals surface area contributed by atoms with E-state index in [-0.39, 0.29) is 17.0 Å². The summed E-state index contributed by atoms with van der Waals surface area (Å²) in [6, 6.07) is 0. The number of imidazole rings is 1. The van der Waals surface area contributed by atoms with E-state index in [0.717, 1.165) is 6.33 Å². The van der Waals surface area contributed by atoms with E-state index >= 15 is 0 Å². The fraction of sp³-hybridized carbons (Fsp3) is 0.571. The Bertz CT molecular complexity index is 1260. The van der Waals surface area contributed by atoms with Crippen LogP contribution in [0.3, 0.4) is 0 Å². The number of ether oxygens (including phenoxy) is 1. The summed E-state index contributed by atoms with van der Waals surface area (Å²) in [4.78, 5) is 51.0. The normalized spacial score (nSPS) is 27.4. The second-order valence-corrected chi connectivity index (χ2v) is 12.5. The maximum absolute atomic E-state index is 12.1. The second kappa shape index (κ2) is 10.9. The Kier molecular flexibility index (Phi) is 8.67. The fourth-order valence-electron chi connectivity index (χ4n) is 3.12. The molecule has 3 unspecified atom stereocenters. The molecule has 36 heavy (non-hydrogen) atoms. The first-order chi connectivity index (χ1) is 16.6. The van der Waals surface area contributed by atoms with E-state index < -0.39 is 79.4 Å². The number of carbonyl (C=O) groups is 1. The highest BCUT2D eigenvalue weighted by atomic mass is 31.3. The molecule has 3 rings (SSSR count). The molecule has 0 spiro atoms. The van der Waals surface area contributed by atoms with Crippen molar-refractivity contribution in [3.05, 3.63) is 12.7 Å². The zero-order valence-electron chi connectivity index (χ0n) is 17.9. The lowest BCUT2D eigenvalue weighted by molar-refractivity contribution is -0.137. The van der Waals surface area contributed by atoms with Gasteiger partial charge in [0.05, 0.1) is 19.1 Å². The van der Waals surface area contributed by atoms with Gasteiger partial charge in [0, 0.05) is 6.42 Å². The van der Waals surface area contributed by atoms with Crippen LogP contribution in [-0.2, 0) is 36.4 Å². The third-order valence-corrected chi connectivity index (χ3v) is 9.52. The molecule has 0 radical (unpaired) electrons. The zero-order chi connectivity index (χ0) is 26.9. The molecule has 0 aliphatic carbocycles. The maximum Gasteiger partial charge on any atom is 0.488 e. The molecule has 19 nitrogen and oxygen atoms in total. The van der Waals surface area contributed by atoms with Gasteiger partial charge in [-0.3, -0.25) is 18.5 Å². The summed E-state index contributed by atoms with van der Waals surface area (Å²) in [5.41, 5.74) is 6.02. The van der Waals surface area contributed by atoms with Crippen LogP contribution in [0.2, 0.25) is 0 Å². The Hall–Kier alpha value is -1.85. The van der Waals surface area contributed by atoms with Crippen LogP contribution in [0.25, 0.3) is 11.2 Å². The Morgan fingerprint density at radius 1 is 1.08 bits per heavy atom. The molecule has 3 heterocycles. The Morgan fingerprint density at radius 2 is 1.78 bits per heavy atom. The minimum Gasteiger partial charge on any atom is -0.481 e. The SMILES string of the molecule is Nc1ncnc2c1ncn2[C@@H]1O[C@H](COP(=O)(O)OP(=O)(O)OP(=O)(O)CCCC(=O)O)[C@@H](O)[C@H]1O. The highest BCUT2D eigenvalue weighted by Crippen LogP contribution is 2.67. The average molecular weight is 577 g/mol. The number of aromatic nitrogens is 4. The number of fused-ring (bicyclic) bond motifs is 1. The van der Waals surface area contributed by atoms with Gasteiger partial charge in [0.15, 0.2) is 17.7 Å².